The molecule has 2 saturated heterocycles. The van der Waals surface area contributed by atoms with Crippen molar-refractivity contribution >= 4 is 12.0 Å². The quantitative estimate of drug-likeness (QED) is 0.792. The van der Waals surface area contributed by atoms with E-state index in [-0.39, 0.29) is 11.9 Å². The predicted molar refractivity (Wildman–Crippen MR) is 79.8 cm³/mol. The number of piperidine rings is 1. The van der Waals surface area contributed by atoms with Gasteiger partial charge in [-0.2, -0.15) is 0 Å². The minimum Gasteiger partial charge on any atom is -0.444 e. The largest absolute Gasteiger partial charge is 0.444 e. The van der Waals surface area contributed by atoms with Gasteiger partial charge in [-0.3, -0.25) is 9.69 Å². The molecule has 0 radical (unpaired) electrons. The van der Waals surface area contributed by atoms with Gasteiger partial charge in [-0.25, -0.2) is 4.79 Å². The molecule has 0 aromatic carbocycles. The number of nitrogens with zero attached hydrogens (tertiary/aromatic N) is 2. The second-order valence-corrected chi connectivity index (χ2v) is 7.02. The van der Waals surface area contributed by atoms with E-state index in [0.717, 1.165) is 32.4 Å². The number of ether oxygens (including phenoxy) is 1. The highest BCUT2D eigenvalue weighted by atomic mass is 16.6. The molecule has 21 heavy (non-hydrogen) atoms. The number of carbonyl (C=O) groups excluding carboxylic acids is 2. The van der Waals surface area contributed by atoms with E-state index in [1.54, 1.807) is 0 Å². The lowest BCUT2D eigenvalue weighted by molar-refractivity contribution is -0.137. The molecule has 0 aromatic heterocycles. The van der Waals surface area contributed by atoms with Crippen LogP contribution in [0.2, 0.25) is 0 Å². The normalized spacial score (nSPS) is 26.9. The molecule has 0 saturated carbocycles. The molecule has 2 N–H and O–H groups in total. The number of rotatable bonds is 1. The van der Waals surface area contributed by atoms with E-state index in [1.807, 2.05) is 25.7 Å². The van der Waals surface area contributed by atoms with E-state index < -0.39 is 17.7 Å². The summed E-state index contributed by atoms with van der Waals surface area (Å²) in [6.07, 6.45) is 3.05. The zero-order valence-corrected chi connectivity index (χ0v) is 13.3. The van der Waals surface area contributed by atoms with Crippen LogP contribution in [0.1, 0.15) is 46.5 Å². The first-order chi connectivity index (χ1) is 9.78. The average Bonchev–Trinajstić information content (AvgIpc) is 2.89. The SMILES string of the molecule is CC(C)(C)OC(=O)N1C[C@@H](N)CC[C@@H]1C(=O)N1CCCC1. The van der Waals surface area contributed by atoms with Crippen molar-refractivity contribution < 1.29 is 14.3 Å². The van der Waals surface area contributed by atoms with Crippen LogP contribution in [0, 0.1) is 0 Å². The highest BCUT2D eigenvalue weighted by molar-refractivity contribution is 5.86. The van der Waals surface area contributed by atoms with Gasteiger partial charge in [0.1, 0.15) is 11.6 Å². The summed E-state index contributed by atoms with van der Waals surface area (Å²) in [5, 5.41) is 0. The Morgan fingerprint density at radius 3 is 2.33 bits per heavy atom. The first-order valence-corrected chi connectivity index (χ1v) is 7.82. The fourth-order valence-corrected chi connectivity index (χ4v) is 2.93. The molecule has 0 bridgehead atoms. The van der Waals surface area contributed by atoms with Gasteiger partial charge >= 0.3 is 6.09 Å². The lowest BCUT2D eigenvalue weighted by Gasteiger charge is -2.39. The maximum absolute atomic E-state index is 12.6. The Morgan fingerprint density at radius 2 is 1.76 bits per heavy atom. The molecule has 2 aliphatic rings. The van der Waals surface area contributed by atoms with E-state index >= 15 is 0 Å². The summed E-state index contributed by atoms with van der Waals surface area (Å²) in [5.41, 5.74) is 5.40. The molecule has 2 fully saturated rings. The predicted octanol–water partition coefficient (Wildman–Crippen LogP) is 1.34. The van der Waals surface area contributed by atoms with Gasteiger partial charge in [-0.1, -0.05) is 0 Å². The topological polar surface area (TPSA) is 75.9 Å². The molecule has 0 unspecified atom stereocenters. The lowest BCUT2D eigenvalue weighted by Crippen LogP contribution is -2.58. The van der Waals surface area contributed by atoms with E-state index in [4.69, 9.17) is 10.5 Å². The number of amides is 2. The molecule has 2 amide bonds. The van der Waals surface area contributed by atoms with Gasteiger partial charge in [0.15, 0.2) is 0 Å². The van der Waals surface area contributed by atoms with Crippen molar-refractivity contribution in [1.29, 1.82) is 0 Å². The van der Waals surface area contributed by atoms with Gasteiger partial charge in [-0.05, 0) is 46.5 Å². The van der Waals surface area contributed by atoms with Crippen LogP contribution in [0.4, 0.5) is 4.79 Å². The zero-order valence-electron chi connectivity index (χ0n) is 13.3. The molecule has 2 aliphatic heterocycles. The van der Waals surface area contributed by atoms with Crippen molar-refractivity contribution in [3.8, 4) is 0 Å². The third kappa shape index (κ3) is 4.09. The van der Waals surface area contributed by atoms with Gasteiger partial charge in [0, 0.05) is 25.7 Å². The van der Waals surface area contributed by atoms with Gasteiger partial charge in [0.25, 0.3) is 0 Å². The number of hydrogen-bond donors (Lipinski definition) is 1. The highest BCUT2D eigenvalue weighted by Gasteiger charge is 2.39. The first-order valence-electron chi connectivity index (χ1n) is 7.82. The van der Waals surface area contributed by atoms with Gasteiger partial charge in [-0.15, -0.1) is 0 Å². The van der Waals surface area contributed by atoms with E-state index in [1.165, 1.54) is 4.90 Å². The van der Waals surface area contributed by atoms with Gasteiger partial charge in [0.05, 0.1) is 0 Å². The summed E-state index contributed by atoms with van der Waals surface area (Å²) in [7, 11) is 0. The summed E-state index contributed by atoms with van der Waals surface area (Å²) in [5.74, 6) is 0.0465. The van der Waals surface area contributed by atoms with Crippen molar-refractivity contribution in [2.45, 2.75) is 64.1 Å². The fraction of sp³-hybridized carbons (Fsp3) is 0.867. The molecule has 0 aliphatic carbocycles. The molecular formula is C15H27N3O3. The Balaban J connectivity index is 2.09. The van der Waals surface area contributed by atoms with Crippen LogP contribution in [0.15, 0.2) is 0 Å². The monoisotopic (exact) mass is 297 g/mol. The molecule has 2 atom stereocenters. The Hall–Kier alpha value is -1.30. The lowest BCUT2D eigenvalue weighted by atomic mass is 9.98. The van der Waals surface area contributed by atoms with Crippen LogP contribution in [0.25, 0.3) is 0 Å². The van der Waals surface area contributed by atoms with Crippen molar-refractivity contribution in [2.75, 3.05) is 19.6 Å². The molecule has 0 aromatic rings. The Bertz CT molecular complexity index is 399. The van der Waals surface area contributed by atoms with Crippen molar-refractivity contribution in [3.63, 3.8) is 0 Å². The summed E-state index contributed by atoms with van der Waals surface area (Å²) in [6, 6.07) is -0.502. The maximum atomic E-state index is 12.6. The van der Waals surface area contributed by atoms with Crippen molar-refractivity contribution in [3.05, 3.63) is 0 Å². The minimum absolute atomic E-state index is 0.0465. The van der Waals surface area contributed by atoms with Crippen LogP contribution in [-0.4, -0.2) is 59.1 Å². The zero-order chi connectivity index (χ0) is 15.6. The second-order valence-electron chi connectivity index (χ2n) is 7.02. The fourth-order valence-electron chi connectivity index (χ4n) is 2.93. The summed E-state index contributed by atoms with van der Waals surface area (Å²) in [6.45, 7) is 7.45. The van der Waals surface area contributed by atoms with Gasteiger partial charge < -0.3 is 15.4 Å². The average molecular weight is 297 g/mol. The maximum Gasteiger partial charge on any atom is 0.411 e. The summed E-state index contributed by atoms with van der Waals surface area (Å²) < 4.78 is 5.43. The number of nitrogens with two attached hydrogens (primary N) is 1. The summed E-state index contributed by atoms with van der Waals surface area (Å²) >= 11 is 0. The molecule has 6 heteroatoms. The standard InChI is InChI=1S/C15H27N3O3/c1-15(2,3)21-14(20)18-10-11(16)6-7-12(18)13(19)17-8-4-5-9-17/h11-12H,4-10,16H2,1-3H3/t11-,12+/m0/s1. The number of carbonyl (C=O) groups is 2. The Labute approximate surface area is 126 Å². The third-order valence-corrected chi connectivity index (χ3v) is 3.95. The van der Waals surface area contributed by atoms with E-state index in [9.17, 15) is 9.59 Å². The molecule has 0 spiro atoms. The second kappa shape index (κ2) is 6.22. The molecule has 2 heterocycles. The number of likely N-dealkylation sites (tertiary alicyclic amines) is 2. The molecule has 2 rings (SSSR count). The summed E-state index contributed by atoms with van der Waals surface area (Å²) in [4.78, 5) is 28.4. The van der Waals surface area contributed by atoms with Gasteiger partial charge in [0.2, 0.25) is 5.91 Å². The Morgan fingerprint density at radius 1 is 1.14 bits per heavy atom. The molecular weight excluding hydrogens is 270 g/mol. The van der Waals surface area contributed by atoms with E-state index in [0.29, 0.717) is 13.0 Å². The van der Waals surface area contributed by atoms with Crippen LogP contribution in [-0.2, 0) is 9.53 Å². The van der Waals surface area contributed by atoms with Crippen molar-refractivity contribution in [2.24, 2.45) is 5.73 Å². The molecule has 6 nitrogen and oxygen atoms in total. The third-order valence-electron chi connectivity index (χ3n) is 3.95. The highest BCUT2D eigenvalue weighted by Crippen LogP contribution is 2.23. The number of hydrogen-bond acceptors (Lipinski definition) is 4. The smallest absolute Gasteiger partial charge is 0.411 e. The van der Waals surface area contributed by atoms with Crippen LogP contribution in [0.3, 0.4) is 0 Å². The van der Waals surface area contributed by atoms with E-state index in [2.05, 4.69) is 0 Å². The molecule has 120 valence electrons. The first kappa shape index (κ1) is 16.1. The van der Waals surface area contributed by atoms with Crippen LogP contribution >= 0.6 is 0 Å². The van der Waals surface area contributed by atoms with Crippen LogP contribution in [0.5, 0.6) is 0 Å². The minimum atomic E-state index is -0.570. The Kier molecular flexibility index (Phi) is 4.76. The van der Waals surface area contributed by atoms with Crippen molar-refractivity contribution in [1.82, 2.24) is 9.80 Å². The van der Waals surface area contributed by atoms with Crippen LogP contribution < -0.4 is 5.73 Å².